The molecule has 0 fully saturated rings. The van der Waals surface area contributed by atoms with Crippen LogP contribution in [0.25, 0.3) is 11.5 Å². The summed E-state index contributed by atoms with van der Waals surface area (Å²) < 4.78 is 0. The van der Waals surface area contributed by atoms with Gasteiger partial charge in [0.2, 0.25) is 0 Å². The van der Waals surface area contributed by atoms with Crippen LogP contribution in [0, 0.1) is 13.8 Å². The molecular weight excluding hydrogens is 362 g/mol. The number of hydrogen-bond donors (Lipinski definition) is 2. The Morgan fingerprint density at radius 1 is 0.862 bits per heavy atom. The molecule has 0 aliphatic heterocycles. The number of hydrogen-bond acceptors (Lipinski definition) is 7. The monoisotopic (exact) mass is 383 g/mol. The maximum Gasteiger partial charge on any atom is 0.180 e. The molecule has 4 rings (SSSR count). The molecule has 0 saturated carbocycles. The van der Waals surface area contributed by atoms with Gasteiger partial charge in [0.15, 0.2) is 5.82 Å². The molecule has 0 spiro atoms. The molecule has 7 nitrogen and oxygen atoms in total. The van der Waals surface area contributed by atoms with E-state index in [1.807, 2.05) is 50.2 Å². The molecule has 0 bridgehead atoms. The van der Waals surface area contributed by atoms with Gasteiger partial charge < -0.3 is 11.1 Å². The van der Waals surface area contributed by atoms with Crippen LogP contribution < -0.4 is 11.1 Å². The Morgan fingerprint density at radius 3 is 2.45 bits per heavy atom. The van der Waals surface area contributed by atoms with Crippen LogP contribution in [-0.2, 0) is 6.42 Å². The van der Waals surface area contributed by atoms with Crippen LogP contribution in [0.5, 0.6) is 0 Å². The van der Waals surface area contributed by atoms with Crippen LogP contribution in [0.2, 0.25) is 0 Å². The molecule has 0 aliphatic carbocycles. The van der Waals surface area contributed by atoms with E-state index in [4.69, 9.17) is 5.73 Å². The second-order valence-electron chi connectivity index (χ2n) is 6.78. The standard InChI is InChI=1S/C22H21N7/c1-14-12-16(6-7-17(14)23)13-21-24-10-8-19(28-21)27-20-9-11-25-22(29-20)18-5-3-4-15(2)26-18/h3-12H,13,23H2,1-2H3,(H,24,25,27,28,29). The summed E-state index contributed by atoms with van der Waals surface area (Å²) in [6.45, 7) is 3.93. The molecule has 0 unspecified atom stereocenters. The molecule has 0 saturated heterocycles. The van der Waals surface area contributed by atoms with Crippen molar-refractivity contribution in [3.05, 3.63) is 83.6 Å². The van der Waals surface area contributed by atoms with Crippen LogP contribution in [0.1, 0.15) is 22.6 Å². The molecule has 3 heterocycles. The molecular formula is C22H21N7. The summed E-state index contributed by atoms with van der Waals surface area (Å²) in [5.74, 6) is 2.59. The predicted molar refractivity (Wildman–Crippen MR) is 114 cm³/mol. The first kappa shape index (κ1) is 18.5. The largest absolute Gasteiger partial charge is 0.399 e. The fourth-order valence-electron chi connectivity index (χ4n) is 2.93. The van der Waals surface area contributed by atoms with Crippen molar-refractivity contribution in [3.8, 4) is 11.5 Å². The zero-order chi connectivity index (χ0) is 20.2. The lowest BCUT2D eigenvalue weighted by molar-refractivity contribution is 0.969. The van der Waals surface area contributed by atoms with Crippen LogP contribution >= 0.6 is 0 Å². The van der Waals surface area contributed by atoms with Gasteiger partial charge in [-0.3, -0.25) is 0 Å². The van der Waals surface area contributed by atoms with E-state index in [0.717, 1.165) is 28.2 Å². The van der Waals surface area contributed by atoms with E-state index in [1.54, 1.807) is 18.5 Å². The van der Waals surface area contributed by atoms with Crippen molar-refractivity contribution in [1.29, 1.82) is 0 Å². The minimum atomic E-state index is 0.560. The highest BCUT2D eigenvalue weighted by Crippen LogP contribution is 2.18. The van der Waals surface area contributed by atoms with Gasteiger partial charge in [-0.25, -0.2) is 24.9 Å². The molecule has 0 radical (unpaired) electrons. The lowest BCUT2D eigenvalue weighted by atomic mass is 10.1. The molecule has 0 atom stereocenters. The molecule has 7 heteroatoms. The average Bonchev–Trinajstić information content (AvgIpc) is 2.71. The maximum absolute atomic E-state index is 5.90. The number of pyridine rings is 1. The highest BCUT2D eigenvalue weighted by molar-refractivity contribution is 5.56. The van der Waals surface area contributed by atoms with Gasteiger partial charge >= 0.3 is 0 Å². The zero-order valence-corrected chi connectivity index (χ0v) is 16.3. The van der Waals surface area contributed by atoms with Gasteiger partial charge in [-0.15, -0.1) is 0 Å². The van der Waals surface area contributed by atoms with Crippen LogP contribution in [0.3, 0.4) is 0 Å². The van der Waals surface area contributed by atoms with Crippen molar-refractivity contribution in [2.75, 3.05) is 11.1 Å². The Balaban J connectivity index is 1.53. The second-order valence-corrected chi connectivity index (χ2v) is 6.78. The van der Waals surface area contributed by atoms with E-state index in [2.05, 4.69) is 36.3 Å². The van der Waals surface area contributed by atoms with Gasteiger partial charge in [0.05, 0.1) is 0 Å². The van der Waals surface area contributed by atoms with E-state index < -0.39 is 0 Å². The van der Waals surface area contributed by atoms with Gasteiger partial charge in [-0.1, -0.05) is 18.2 Å². The number of nitrogens with one attached hydrogen (secondary N) is 1. The average molecular weight is 383 g/mol. The van der Waals surface area contributed by atoms with Gasteiger partial charge in [0.1, 0.15) is 23.2 Å². The molecule has 0 amide bonds. The summed E-state index contributed by atoms with van der Waals surface area (Å²) in [5, 5.41) is 3.23. The van der Waals surface area contributed by atoms with E-state index in [9.17, 15) is 0 Å². The number of nitrogens with two attached hydrogens (primary N) is 1. The Bertz CT molecular complexity index is 1160. The highest BCUT2D eigenvalue weighted by atomic mass is 15.1. The Hall–Kier alpha value is -3.87. The van der Waals surface area contributed by atoms with E-state index >= 15 is 0 Å². The van der Waals surface area contributed by atoms with Gasteiger partial charge in [0.25, 0.3) is 0 Å². The number of anilines is 3. The first-order valence-corrected chi connectivity index (χ1v) is 9.28. The van der Waals surface area contributed by atoms with Crippen molar-refractivity contribution in [1.82, 2.24) is 24.9 Å². The summed E-state index contributed by atoms with van der Waals surface area (Å²) in [6, 6.07) is 15.3. The van der Waals surface area contributed by atoms with Crippen molar-refractivity contribution in [2.24, 2.45) is 0 Å². The summed E-state index contributed by atoms with van der Waals surface area (Å²) in [6.07, 6.45) is 4.06. The summed E-state index contributed by atoms with van der Waals surface area (Å²) in [7, 11) is 0. The predicted octanol–water partition coefficient (Wildman–Crippen LogP) is 3.86. The van der Waals surface area contributed by atoms with Gasteiger partial charge in [-0.2, -0.15) is 0 Å². The molecule has 29 heavy (non-hydrogen) atoms. The summed E-state index contributed by atoms with van der Waals surface area (Å²) in [4.78, 5) is 22.3. The van der Waals surface area contributed by atoms with E-state index in [0.29, 0.717) is 29.7 Å². The molecule has 1 aromatic carbocycles. The van der Waals surface area contributed by atoms with Gasteiger partial charge in [-0.05, 0) is 55.3 Å². The Morgan fingerprint density at radius 2 is 1.66 bits per heavy atom. The third-order valence-electron chi connectivity index (χ3n) is 4.43. The first-order chi connectivity index (χ1) is 14.1. The Labute approximate surface area is 169 Å². The minimum Gasteiger partial charge on any atom is -0.399 e. The fraction of sp³-hybridized carbons (Fsp3) is 0.136. The number of aromatic nitrogens is 5. The summed E-state index contributed by atoms with van der Waals surface area (Å²) >= 11 is 0. The Kier molecular flexibility index (Phi) is 5.11. The smallest absolute Gasteiger partial charge is 0.180 e. The summed E-state index contributed by atoms with van der Waals surface area (Å²) in [5.41, 5.74) is 10.5. The van der Waals surface area contributed by atoms with Crippen molar-refractivity contribution in [2.45, 2.75) is 20.3 Å². The van der Waals surface area contributed by atoms with Gasteiger partial charge in [0, 0.05) is 30.2 Å². The molecule has 4 aromatic rings. The minimum absolute atomic E-state index is 0.560. The lowest BCUT2D eigenvalue weighted by Crippen LogP contribution is -2.03. The van der Waals surface area contributed by atoms with Crippen molar-refractivity contribution < 1.29 is 0 Å². The second kappa shape index (κ2) is 8.02. The third-order valence-corrected chi connectivity index (χ3v) is 4.43. The normalized spacial score (nSPS) is 10.7. The maximum atomic E-state index is 5.90. The SMILES string of the molecule is Cc1cccc(-c2nccc(Nc3ccnc(Cc4ccc(N)c(C)c4)n3)n2)n1. The van der Waals surface area contributed by atoms with Crippen molar-refractivity contribution in [3.63, 3.8) is 0 Å². The first-order valence-electron chi connectivity index (χ1n) is 9.28. The number of nitrogens with zero attached hydrogens (tertiary/aromatic N) is 5. The number of aryl methyl sites for hydroxylation is 2. The number of nitrogen functional groups attached to an aromatic ring is 1. The molecule has 144 valence electrons. The quantitative estimate of drug-likeness (QED) is 0.504. The van der Waals surface area contributed by atoms with E-state index in [-0.39, 0.29) is 0 Å². The van der Waals surface area contributed by atoms with Crippen LogP contribution in [-0.4, -0.2) is 24.9 Å². The van der Waals surface area contributed by atoms with E-state index in [1.165, 1.54) is 0 Å². The molecule has 3 N–H and O–H groups in total. The lowest BCUT2D eigenvalue weighted by Gasteiger charge is -2.08. The molecule has 3 aromatic heterocycles. The van der Waals surface area contributed by atoms with Crippen molar-refractivity contribution >= 4 is 17.3 Å². The van der Waals surface area contributed by atoms with Crippen LogP contribution in [0.4, 0.5) is 17.3 Å². The zero-order valence-electron chi connectivity index (χ0n) is 16.3. The highest BCUT2D eigenvalue weighted by Gasteiger charge is 2.07. The molecule has 0 aliphatic rings. The fourth-order valence-corrected chi connectivity index (χ4v) is 2.93. The number of rotatable bonds is 5. The van der Waals surface area contributed by atoms with Crippen LogP contribution in [0.15, 0.2) is 60.9 Å². The third kappa shape index (κ3) is 4.52. The topological polar surface area (TPSA) is 102 Å². The number of benzene rings is 1.